The maximum atomic E-state index is 4.62. The Morgan fingerprint density at radius 2 is 1.86 bits per heavy atom. The van der Waals surface area contributed by atoms with E-state index < -0.39 is 0 Å². The van der Waals surface area contributed by atoms with Gasteiger partial charge in [-0.1, -0.05) is 24.3 Å². The van der Waals surface area contributed by atoms with Crippen molar-refractivity contribution in [3.05, 3.63) is 35.7 Å². The van der Waals surface area contributed by atoms with Crippen LogP contribution in [-0.4, -0.2) is 33.2 Å². The lowest BCUT2D eigenvalue weighted by atomic mass is 10.0. The minimum atomic E-state index is 0.510. The van der Waals surface area contributed by atoms with Gasteiger partial charge in [0.25, 0.3) is 0 Å². The third-order valence-electron chi connectivity index (χ3n) is 4.81. The van der Waals surface area contributed by atoms with Gasteiger partial charge in [0.2, 0.25) is 0 Å². The second-order valence-electron chi connectivity index (χ2n) is 6.36. The van der Waals surface area contributed by atoms with Gasteiger partial charge in [0.1, 0.15) is 5.82 Å². The highest BCUT2D eigenvalue weighted by molar-refractivity contribution is 5.55. The summed E-state index contributed by atoms with van der Waals surface area (Å²) in [5.41, 5.74) is 2.49. The summed E-state index contributed by atoms with van der Waals surface area (Å²) in [5.74, 6) is 2.51. The molecule has 0 amide bonds. The van der Waals surface area contributed by atoms with Crippen LogP contribution in [0.3, 0.4) is 0 Å². The SMILES string of the molecule is C[C@@H](c1ccc(-c2n[nH]c(C3CC3)n2)cc1)N1CCCC1. The Kier molecular flexibility index (Phi) is 3.26. The molecule has 1 aliphatic heterocycles. The Balaban J connectivity index is 1.51. The van der Waals surface area contributed by atoms with Gasteiger partial charge in [-0.25, -0.2) is 4.98 Å². The molecule has 1 saturated heterocycles. The molecule has 1 saturated carbocycles. The van der Waals surface area contributed by atoms with E-state index in [1.165, 1.54) is 44.3 Å². The van der Waals surface area contributed by atoms with Crippen molar-refractivity contribution in [3.8, 4) is 11.4 Å². The highest BCUT2D eigenvalue weighted by Crippen LogP contribution is 2.38. The fourth-order valence-corrected chi connectivity index (χ4v) is 3.19. The monoisotopic (exact) mass is 282 g/mol. The Labute approximate surface area is 125 Å². The Morgan fingerprint density at radius 1 is 1.14 bits per heavy atom. The second-order valence-corrected chi connectivity index (χ2v) is 6.36. The van der Waals surface area contributed by atoms with Gasteiger partial charge >= 0.3 is 0 Å². The molecule has 1 N–H and O–H groups in total. The van der Waals surface area contributed by atoms with E-state index in [0.717, 1.165) is 17.2 Å². The van der Waals surface area contributed by atoms with Crippen molar-refractivity contribution in [2.75, 3.05) is 13.1 Å². The number of aromatic amines is 1. The minimum Gasteiger partial charge on any atom is -0.297 e. The van der Waals surface area contributed by atoms with Crippen molar-refractivity contribution in [1.29, 1.82) is 0 Å². The fourth-order valence-electron chi connectivity index (χ4n) is 3.19. The van der Waals surface area contributed by atoms with Crippen molar-refractivity contribution < 1.29 is 0 Å². The number of hydrogen-bond acceptors (Lipinski definition) is 3. The summed E-state index contributed by atoms with van der Waals surface area (Å²) in [6.45, 7) is 4.77. The van der Waals surface area contributed by atoms with Crippen molar-refractivity contribution in [3.63, 3.8) is 0 Å². The number of likely N-dealkylation sites (tertiary alicyclic amines) is 1. The van der Waals surface area contributed by atoms with Crippen LogP contribution in [0.5, 0.6) is 0 Å². The normalized spacial score (nSPS) is 20.8. The molecule has 1 atom stereocenters. The molecule has 110 valence electrons. The van der Waals surface area contributed by atoms with Gasteiger partial charge in [-0.2, -0.15) is 5.10 Å². The molecule has 2 fully saturated rings. The van der Waals surface area contributed by atoms with Crippen molar-refractivity contribution in [2.45, 2.75) is 44.6 Å². The first-order valence-corrected chi connectivity index (χ1v) is 8.08. The summed E-state index contributed by atoms with van der Waals surface area (Å²) < 4.78 is 0. The minimum absolute atomic E-state index is 0.510. The first kappa shape index (κ1) is 13.0. The lowest BCUT2D eigenvalue weighted by molar-refractivity contribution is 0.263. The van der Waals surface area contributed by atoms with Gasteiger partial charge in [0.15, 0.2) is 5.82 Å². The first-order valence-electron chi connectivity index (χ1n) is 8.08. The number of benzene rings is 1. The third-order valence-corrected chi connectivity index (χ3v) is 4.81. The van der Waals surface area contributed by atoms with E-state index >= 15 is 0 Å². The Hall–Kier alpha value is -1.68. The number of H-pyrrole nitrogens is 1. The summed E-state index contributed by atoms with van der Waals surface area (Å²) in [6, 6.07) is 9.27. The maximum absolute atomic E-state index is 4.62. The highest BCUT2D eigenvalue weighted by atomic mass is 15.2. The number of aromatic nitrogens is 3. The molecule has 1 aliphatic carbocycles. The molecule has 0 radical (unpaired) electrons. The van der Waals surface area contributed by atoms with Gasteiger partial charge in [0.05, 0.1) is 0 Å². The number of nitrogens with zero attached hydrogens (tertiary/aromatic N) is 3. The molecule has 0 spiro atoms. The predicted octanol–water partition coefficient (Wildman–Crippen LogP) is 3.51. The van der Waals surface area contributed by atoms with Crippen LogP contribution in [0, 0.1) is 0 Å². The van der Waals surface area contributed by atoms with E-state index in [-0.39, 0.29) is 0 Å². The van der Waals surface area contributed by atoms with E-state index in [2.05, 4.69) is 51.3 Å². The second kappa shape index (κ2) is 5.26. The predicted molar refractivity (Wildman–Crippen MR) is 83.0 cm³/mol. The van der Waals surface area contributed by atoms with Crippen LogP contribution in [0.25, 0.3) is 11.4 Å². The zero-order valence-electron chi connectivity index (χ0n) is 12.5. The van der Waals surface area contributed by atoms with Crippen LogP contribution in [0.15, 0.2) is 24.3 Å². The van der Waals surface area contributed by atoms with Crippen LogP contribution in [0.4, 0.5) is 0 Å². The maximum Gasteiger partial charge on any atom is 0.181 e. The molecule has 21 heavy (non-hydrogen) atoms. The largest absolute Gasteiger partial charge is 0.297 e. The molecule has 2 aromatic rings. The summed E-state index contributed by atoms with van der Waals surface area (Å²) in [6.07, 6.45) is 5.18. The molecule has 4 rings (SSSR count). The van der Waals surface area contributed by atoms with E-state index in [4.69, 9.17) is 0 Å². The smallest absolute Gasteiger partial charge is 0.181 e. The van der Waals surface area contributed by atoms with Crippen molar-refractivity contribution in [2.24, 2.45) is 0 Å². The van der Waals surface area contributed by atoms with Crippen LogP contribution in [0.1, 0.15) is 56.0 Å². The molecule has 4 nitrogen and oxygen atoms in total. The molecule has 2 heterocycles. The van der Waals surface area contributed by atoms with Crippen LogP contribution >= 0.6 is 0 Å². The third kappa shape index (κ3) is 2.60. The zero-order chi connectivity index (χ0) is 14.2. The molecule has 4 heteroatoms. The Morgan fingerprint density at radius 3 is 2.52 bits per heavy atom. The van der Waals surface area contributed by atoms with Crippen molar-refractivity contribution in [1.82, 2.24) is 20.1 Å². The lowest BCUT2D eigenvalue weighted by Crippen LogP contribution is -2.23. The summed E-state index contributed by atoms with van der Waals surface area (Å²) >= 11 is 0. The first-order chi connectivity index (χ1) is 10.3. The van der Waals surface area contributed by atoms with Gasteiger partial charge in [0, 0.05) is 17.5 Å². The average molecular weight is 282 g/mol. The zero-order valence-corrected chi connectivity index (χ0v) is 12.5. The van der Waals surface area contributed by atoms with Gasteiger partial charge in [-0.05, 0) is 51.3 Å². The average Bonchev–Trinajstić information content (AvgIpc) is 3.05. The molecule has 1 aromatic heterocycles. The lowest BCUT2D eigenvalue weighted by Gasteiger charge is -2.24. The van der Waals surface area contributed by atoms with Gasteiger partial charge < -0.3 is 0 Å². The summed E-state index contributed by atoms with van der Waals surface area (Å²) in [5, 5.41) is 7.43. The van der Waals surface area contributed by atoms with Gasteiger partial charge in [-0.3, -0.25) is 10.00 Å². The summed E-state index contributed by atoms with van der Waals surface area (Å²) in [4.78, 5) is 7.18. The molecular formula is C17H22N4. The molecule has 2 aliphatic rings. The van der Waals surface area contributed by atoms with E-state index in [1.807, 2.05) is 0 Å². The molecule has 1 aromatic carbocycles. The summed E-state index contributed by atoms with van der Waals surface area (Å²) in [7, 11) is 0. The number of nitrogens with one attached hydrogen (secondary N) is 1. The number of rotatable bonds is 4. The number of hydrogen-bond donors (Lipinski definition) is 1. The fraction of sp³-hybridized carbons (Fsp3) is 0.529. The standard InChI is InChI=1S/C17H22N4/c1-12(21-10-2-3-11-21)13-4-6-14(7-5-13)16-18-17(20-19-16)15-8-9-15/h4-7,12,15H,2-3,8-11H2,1H3,(H,18,19,20)/t12-/m0/s1. The topological polar surface area (TPSA) is 44.8 Å². The molecular weight excluding hydrogens is 260 g/mol. The van der Waals surface area contributed by atoms with Crippen LogP contribution in [0.2, 0.25) is 0 Å². The van der Waals surface area contributed by atoms with Crippen molar-refractivity contribution >= 4 is 0 Å². The van der Waals surface area contributed by atoms with Crippen LogP contribution in [-0.2, 0) is 0 Å². The van der Waals surface area contributed by atoms with E-state index in [9.17, 15) is 0 Å². The van der Waals surface area contributed by atoms with Gasteiger partial charge in [-0.15, -0.1) is 0 Å². The molecule has 0 bridgehead atoms. The Bertz CT molecular complexity index is 606. The van der Waals surface area contributed by atoms with Crippen LogP contribution < -0.4 is 0 Å². The quantitative estimate of drug-likeness (QED) is 0.933. The van der Waals surface area contributed by atoms with E-state index in [1.54, 1.807) is 0 Å². The van der Waals surface area contributed by atoms with E-state index in [0.29, 0.717) is 12.0 Å². The molecule has 0 unspecified atom stereocenters. The highest BCUT2D eigenvalue weighted by Gasteiger charge is 2.27.